The molecule has 2 aromatic carbocycles. The monoisotopic (exact) mass is 447 g/mol. The minimum absolute atomic E-state index is 0.392. The highest BCUT2D eigenvalue weighted by atomic mass is 35.5. The zero-order valence-corrected chi connectivity index (χ0v) is 17.9. The Morgan fingerprint density at radius 1 is 1.16 bits per heavy atom. The molecule has 0 fully saturated rings. The quantitative estimate of drug-likeness (QED) is 0.344. The van der Waals surface area contributed by atoms with Gasteiger partial charge in [-0.15, -0.1) is 0 Å². The number of carbonyl (C=O) groups is 1. The molecule has 0 aliphatic carbocycles. The van der Waals surface area contributed by atoms with E-state index in [0.717, 1.165) is 33.9 Å². The second kappa shape index (κ2) is 9.16. The maximum Gasteiger partial charge on any atom is 0.328 e. The number of rotatable bonds is 6. The van der Waals surface area contributed by atoms with Crippen molar-refractivity contribution >= 4 is 45.7 Å². The third-order valence-corrected chi connectivity index (χ3v) is 5.42. The number of nitrogens with zero attached hydrogens (tertiary/aromatic N) is 2. The number of carboxylic acids is 1. The Morgan fingerprint density at radius 2 is 1.91 bits per heavy atom. The zero-order chi connectivity index (χ0) is 22.7. The minimum atomic E-state index is -1.01. The van der Waals surface area contributed by atoms with Crippen LogP contribution in [0.2, 0.25) is 5.02 Å². The molecule has 4 aromatic rings. The summed E-state index contributed by atoms with van der Waals surface area (Å²) in [6.07, 6.45) is 4.94. The third-order valence-electron chi connectivity index (χ3n) is 5.11. The Hall–Kier alpha value is -3.77. The molecule has 2 aromatic heterocycles. The van der Waals surface area contributed by atoms with E-state index in [9.17, 15) is 9.18 Å². The minimum Gasteiger partial charge on any atom is -0.478 e. The number of aliphatic carboxylic acids is 1. The molecular weight excluding hydrogens is 429 g/mol. The second-order valence-corrected chi connectivity index (χ2v) is 7.51. The molecule has 0 saturated heterocycles. The molecule has 5 nitrogen and oxygen atoms in total. The Kier molecular flexibility index (Phi) is 6.14. The number of pyridine rings is 1. The van der Waals surface area contributed by atoms with Crippen LogP contribution in [0.4, 0.5) is 4.39 Å². The molecule has 0 saturated carbocycles. The van der Waals surface area contributed by atoms with E-state index in [-0.39, 0.29) is 0 Å². The molecule has 0 bridgehead atoms. The SMILES string of the molecule is CCC(=C(c1ccc(C=CC(=O)O)cc1)c1ccc2n[nH]c(F)c2c1)c1ncccc1Cl. The van der Waals surface area contributed by atoms with Gasteiger partial charge in [0.2, 0.25) is 5.95 Å². The predicted molar refractivity (Wildman–Crippen MR) is 125 cm³/mol. The lowest BCUT2D eigenvalue weighted by Gasteiger charge is -2.17. The molecule has 0 unspecified atom stereocenters. The summed E-state index contributed by atoms with van der Waals surface area (Å²) in [7, 11) is 0. The van der Waals surface area contributed by atoms with Crippen LogP contribution in [0.5, 0.6) is 0 Å². The van der Waals surface area contributed by atoms with Crippen molar-refractivity contribution in [2.75, 3.05) is 0 Å². The van der Waals surface area contributed by atoms with Crippen LogP contribution in [0.3, 0.4) is 0 Å². The van der Waals surface area contributed by atoms with E-state index in [1.54, 1.807) is 30.5 Å². The number of nitrogens with one attached hydrogen (secondary N) is 1. The van der Waals surface area contributed by atoms with Crippen LogP contribution < -0.4 is 0 Å². The number of aromatic amines is 1. The first kappa shape index (κ1) is 21.5. The maximum absolute atomic E-state index is 14.2. The van der Waals surface area contributed by atoms with Crippen LogP contribution in [-0.4, -0.2) is 26.3 Å². The smallest absolute Gasteiger partial charge is 0.328 e. The highest BCUT2D eigenvalue weighted by molar-refractivity contribution is 6.32. The first-order chi connectivity index (χ1) is 15.5. The maximum atomic E-state index is 14.2. The van der Waals surface area contributed by atoms with E-state index >= 15 is 0 Å². The third kappa shape index (κ3) is 4.31. The highest BCUT2D eigenvalue weighted by Crippen LogP contribution is 2.37. The summed E-state index contributed by atoms with van der Waals surface area (Å²) in [4.78, 5) is 15.3. The number of hydrogen-bond acceptors (Lipinski definition) is 3. The van der Waals surface area contributed by atoms with E-state index in [1.807, 2.05) is 37.3 Å². The second-order valence-electron chi connectivity index (χ2n) is 7.10. The van der Waals surface area contributed by atoms with Gasteiger partial charge in [0, 0.05) is 12.3 Å². The van der Waals surface area contributed by atoms with Gasteiger partial charge in [-0.25, -0.2) is 4.79 Å². The molecule has 0 spiro atoms. The van der Waals surface area contributed by atoms with Gasteiger partial charge < -0.3 is 5.11 Å². The van der Waals surface area contributed by atoms with Gasteiger partial charge in [-0.1, -0.05) is 48.9 Å². The van der Waals surface area contributed by atoms with Crippen molar-refractivity contribution in [3.8, 4) is 0 Å². The van der Waals surface area contributed by atoms with Gasteiger partial charge >= 0.3 is 5.97 Å². The van der Waals surface area contributed by atoms with Crippen LogP contribution in [0.1, 0.15) is 35.7 Å². The van der Waals surface area contributed by atoms with Gasteiger partial charge in [-0.2, -0.15) is 9.49 Å². The zero-order valence-electron chi connectivity index (χ0n) is 17.1. The number of halogens is 2. The number of allylic oxidation sites excluding steroid dienone is 1. The average Bonchev–Trinajstić information content (AvgIpc) is 3.17. The van der Waals surface area contributed by atoms with Crippen molar-refractivity contribution in [2.45, 2.75) is 13.3 Å². The standard InChI is InChI=1S/C25H19ClFN3O2/c1-2-18(24-20(26)4-3-13-28-24)23(16-8-5-15(6-9-16)7-12-22(31)32)17-10-11-21-19(14-17)25(27)30-29-21/h3-14H,2H2,1H3,(H,29,30)(H,31,32). The summed E-state index contributed by atoms with van der Waals surface area (Å²) in [5.74, 6) is -1.51. The van der Waals surface area contributed by atoms with Gasteiger partial charge in [0.25, 0.3) is 0 Å². The van der Waals surface area contributed by atoms with Crippen molar-refractivity contribution in [1.29, 1.82) is 0 Å². The van der Waals surface area contributed by atoms with Gasteiger partial charge in [0.1, 0.15) is 0 Å². The number of fused-ring (bicyclic) bond motifs is 1. The van der Waals surface area contributed by atoms with Crippen LogP contribution in [0, 0.1) is 5.95 Å². The number of carboxylic acid groups (broad SMARTS) is 1. The van der Waals surface area contributed by atoms with Gasteiger partial charge in [-0.05, 0) is 64.6 Å². The number of benzene rings is 2. The van der Waals surface area contributed by atoms with Crippen molar-refractivity contribution in [2.24, 2.45) is 0 Å². The summed E-state index contributed by atoms with van der Waals surface area (Å²) in [6, 6.07) is 16.4. The fraction of sp³-hybridized carbons (Fsp3) is 0.0800. The van der Waals surface area contributed by atoms with Gasteiger partial charge in [-0.3, -0.25) is 10.1 Å². The molecule has 0 aliphatic rings. The topological polar surface area (TPSA) is 78.9 Å². The molecular formula is C25H19ClFN3O2. The van der Waals surface area contributed by atoms with Crippen LogP contribution in [0.15, 0.2) is 66.9 Å². The van der Waals surface area contributed by atoms with Crippen molar-refractivity contribution in [3.63, 3.8) is 0 Å². The van der Waals surface area contributed by atoms with Crippen LogP contribution >= 0.6 is 11.6 Å². The predicted octanol–water partition coefficient (Wildman–Crippen LogP) is 6.22. The molecule has 160 valence electrons. The number of H-pyrrole nitrogens is 1. The lowest BCUT2D eigenvalue weighted by molar-refractivity contribution is -0.131. The van der Waals surface area contributed by atoms with E-state index in [0.29, 0.717) is 28.0 Å². The first-order valence-electron chi connectivity index (χ1n) is 9.97. The highest BCUT2D eigenvalue weighted by Gasteiger charge is 2.17. The first-order valence-corrected chi connectivity index (χ1v) is 10.3. The number of aromatic nitrogens is 3. The molecule has 0 atom stereocenters. The van der Waals surface area contributed by atoms with E-state index in [1.165, 1.54) is 6.08 Å². The lowest BCUT2D eigenvalue weighted by atomic mass is 9.89. The Balaban J connectivity index is 1.94. The molecule has 2 heterocycles. The summed E-state index contributed by atoms with van der Waals surface area (Å²) in [5, 5.41) is 16.1. The largest absolute Gasteiger partial charge is 0.478 e. The Bertz CT molecular complexity index is 1360. The summed E-state index contributed by atoms with van der Waals surface area (Å²) >= 11 is 6.48. The molecule has 2 N–H and O–H groups in total. The molecule has 0 aliphatic heterocycles. The van der Waals surface area contributed by atoms with Crippen molar-refractivity contribution in [1.82, 2.24) is 15.2 Å². The van der Waals surface area contributed by atoms with E-state index in [4.69, 9.17) is 16.7 Å². The van der Waals surface area contributed by atoms with E-state index < -0.39 is 11.9 Å². The fourth-order valence-electron chi connectivity index (χ4n) is 3.65. The molecule has 32 heavy (non-hydrogen) atoms. The fourth-order valence-corrected chi connectivity index (χ4v) is 3.88. The van der Waals surface area contributed by atoms with Crippen LogP contribution in [0.25, 0.3) is 28.1 Å². The van der Waals surface area contributed by atoms with Crippen LogP contribution in [-0.2, 0) is 4.79 Å². The molecule has 4 rings (SSSR count). The Labute approximate surface area is 188 Å². The van der Waals surface area contributed by atoms with Crippen molar-refractivity contribution in [3.05, 3.63) is 100 Å². The Morgan fingerprint density at radius 3 is 2.59 bits per heavy atom. The molecule has 0 radical (unpaired) electrons. The van der Waals surface area contributed by atoms with E-state index in [2.05, 4.69) is 15.2 Å². The molecule has 0 amide bonds. The lowest BCUT2D eigenvalue weighted by Crippen LogP contribution is -1.98. The van der Waals surface area contributed by atoms with Gasteiger partial charge in [0.05, 0.1) is 21.6 Å². The molecule has 7 heteroatoms. The average molecular weight is 448 g/mol. The van der Waals surface area contributed by atoms with Gasteiger partial charge in [0.15, 0.2) is 0 Å². The summed E-state index contributed by atoms with van der Waals surface area (Å²) in [5.41, 5.74) is 5.39. The summed E-state index contributed by atoms with van der Waals surface area (Å²) in [6.45, 7) is 2.02. The summed E-state index contributed by atoms with van der Waals surface area (Å²) < 4.78 is 14.2. The number of hydrogen-bond donors (Lipinski definition) is 2. The normalized spacial score (nSPS) is 12.3. The van der Waals surface area contributed by atoms with Crippen molar-refractivity contribution < 1.29 is 14.3 Å².